The highest BCUT2D eigenvalue weighted by Crippen LogP contribution is 2.42. The van der Waals surface area contributed by atoms with Crippen LogP contribution in [0.15, 0.2) is 10.7 Å². The topological polar surface area (TPSA) is 34.9 Å². The summed E-state index contributed by atoms with van der Waals surface area (Å²) < 4.78 is 75.8. The molecule has 1 aromatic rings. The number of alkyl halides is 6. The number of ketones is 1. The van der Waals surface area contributed by atoms with E-state index in [2.05, 4.69) is 21.0 Å². The maximum Gasteiger partial charge on any atom is 0.407 e. The van der Waals surface area contributed by atoms with Crippen LogP contribution in [0.2, 0.25) is 0 Å². The van der Waals surface area contributed by atoms with Crippen LogP contribution in [0.1, 0.15) is 30.4 Å². The largest absolute Gasteiger partial charge is 0.407 e. The van der Waals surface area contributed by atoms with Crippen LogP contribution in [0.25, 0.3) is 0 Å². The van der Waals surface area contributed by atoms with Crippen LogP contribution in [0.5, 0.6) is 0 Å². The SMILES string of the molecule is CC(C)n1ncc(Br)c1C(=O)C(C(F)(F)F)C(F)(F)F. The average Bonchev–Trinajstić information content (AvgIpc) is 2.55. The predicted molar refractivity (Wildman–Crippen MR) is 60.2 cm³/mol. The van der Waals surface area contributed by atoms with Crippen LogP contribution in [0.4, 0.5) is 26.3 Å². The summed E-state index contributed by atoms with van der Waals surface area (Å²) in [5.74, 6) is -6.15. The summed E-state index contributed by atoms with van der Waals surface area (Å²) in [6, 6.07) is -0.567. The number of rotatable bonds is 3. The molecule has 3 nitrogen and oxygen atoms in total. The van der Waals surface area contributed by atoms with Crippen LogP contribution in [-0.2, 0) is 0 Å². The fourth-order valence-electron chi connectivity index (χ4n) is 1.58. The quantitative estimate of drug-likeness (QED) is 0.594. The lowest BCUT2D eigenvalue weighted by molar-refractivity contribution is -0.265. The highest BCUT2D eigenvalue weighted by molar-refractivity contribution is 9.10. The third kappa shape index (κ3) is 3.33. The molecule has 0 amide bonds. The Bertz CT molecular complexity index is 491. The van der Waals surface area contributed by atoms with Crippen LogP contribution >= 0.6 is 15.9 Å². The zero-order valence-electron chi connectivity index (χ0n) is 10.2. The number of hydrogen-bond acceptors (Lipinski definition) is 2. The Hall–Kier alpha value is -1.06. The van der Waals surface area contributed by atoms with E-state index in [1.165, 1.54) is 13.8 Å². The Labute approximate surface area is 118 Å². The molecule has 0 aliphatic carbocycles. The predicted octanol–water partition coefficient (Wildman–Crippen LogP) is 4.15. The van der Waals surface area contributed by atoms with Crippen LogP contribution in [0, 0.1) is 5.92 Å². The van der Waals surface area contributed by atoms with Gasteiger partial charge in [-0.15, -0.1) is 0 Å². The standard InChI is InChI=1S/C10H9BrF6N2O/c1-4(2)19-6(5(11)3-18-19)7(20)8(9(12,13)14)10(15,16)17/h3-4,8H,1-2H3. The van der Waals surface area contributed by atoms with Crippen LogP contribution < -0.4 is 0 Å². The molecular formula is C10H9BrF6N2O. The fourth-order valence-corrected chi connectivity index (χ4v) is 2.05. The molecule has 0 aliphatic rings. The Kier molecular flexibility index (Phi) is 4.57. The molecule has 0 saturated carbocycles. The van der Waals surface area contributed by atoms with Gasteiger partial charge in [-0.1, -0.05) is 0 Å². The smallest absolute Gasteiger partial charge is 0.291 e. The second-order valence-electron chi connectivity index (χ2n) is 4.26. The van der Waals surface area contributed by atoms with E-state index in [9.17, 15) is 31.1 Å². The third-order valence-electron chi connectivity index (χ3n) is 2.39. The van der Waals surface area contributed by atoms with Gasteiger partial charge < -0.3 is 0 Å². The second-order valence-corrected chi connectivity index (χ2v) is 5.11. The van der Waals surface area contributed by atoms with Crippen molar-refractivity contribution in [3.05, 3.63) is 16.4 Å². The number of carbonyl (C=O) groups is 1. The van der Waals surface area contributed by atoms with Gasteiger partial charge in [-0.05, 0) is 29.8 Å². The van der Waals surface area contributed by atoms with E-state index in [0.29, 0.717) is 0 Å². The number of carbonyl (C=O) groups excluding carboxylic acids is 1. The zero-order chi connectivity index (χ0) is 15.9. The average molecular weight is 367 g/mol. The summed E-state index contributed by atoms with van der Waals surface area (Å²) >= 11 is 2.75. The highest BCUT2D eigenvalue weighted by Gasteiger charge is 2.61. The van der Waals surface area contributed by atoms with Gasteiger partial charge in [0.1, 0.15) is 5.69 Å². The Balaban J connectivity index is 3.38. The first-order valence-corrected chi connectivity index (χ1v) is 6.07. The Morgan fingerprint density at radius 2 is 1.65 bits per heavy atom. The van der Waals surface area contributed by atoms with Gasteiger partial charge >= 0.3 is 12.4 Å². The van der Waals surface area contributed by atoms with E-state index >= 15 is 0 Å². The van der Waals surface area contributed by atoms with Gasteiger partial charge in [0.15, 0.2) is 0 Å². The maximum atomic E-state index is 12.5. The summed E-state index contributed by atoms with van der Waals surface area (Å²) in [5, 5.41) is 3.60. The molecule has 0 N–H and O–H groups in total. The second kappa shape index (κ2) is 5.38. The van der Waals surface area contributed by atoms with E-state index < -0.39 is 35.8 Å². The van der Waals surface area contributed by atoms with E-state index in [-0.39, 0.29) is 4.47 Å². The fraction of sp³-hybridized carbons (Fsp3) is 0.600. The lowest BCUT2D eigenvalue weighted by Gasteiger charge is -2.22. The number of Topliss-reactive ketones (excluding diaryl/α,β-unsaturated/α-hetero) is 1. The van der Waals surface area contributed by atoms with Crippen molar-refractivity contribution >= 4 is 21.7 Å². The molecule has 0 aliphatic heterocycles. The monoisotopic (exact) mass is 366 g/mol. The molecule has 0 atom stereocenters. The first-order chi connectivity index (χ1) is 8.87. The molecule has 20 heavy (non-hydrogen) atoms. The molecule has 0 fully saturated rings. The molecule has 0 saturated heterocycles. The normalized spacial score (nSPS) is 13.3. The summed E-state index contributed by atoms with van der Waals surface area (Å²) in [6.45, 7) is 2.96. The number of aromatic nitrogens is 2. The highest BCUT2D eigenvalue weighted by atomic mass is 79.9. The van der Waals surface area contributed by atoms with Crippen molar-refractivity contribution in [1.82, 2.24) is 9.78 Å². The molecule has 0 spiro atoms. The zero-order valence-corrected chi connectivity index (χ0v) is 11.8. The molecule has 1 rings (SSSR count). The molecule has 114 valence electrons. The maximum absolute atomic E-state index is 12.5. The van der Waals surface area contributed by atoms with Gasteiger partial charge in [0.05, 0.1) is 10.7 Å². The van der Waals surface area contributed by atoms with Gasteiger partial charge in [-0.25, -0.2) is 0 Å². The van der Waals surface area contributed by atoms with Crippen molar-refractivity contribution in [3.8, 4) is 0 Å². The summed E-state index contributed by atoms with van der Waals surface area (Å²) in [5.41, 5.74) is -0.750. The molecule has 1 heterocycles. The molecule has 0 aromatic carbocycles. The molecule has 10 heteroatoms. The van der Waals surface area contributed by atoms with Crippen molar-refractivity contribution < 1.29 is 31.1 Å². The number of halogens is 7. The first-order valence-electron chi connectivity index (χ1n) is 5.28. The van der Waals surface area contributed by atoms with E-state index in [0.717, 1.165) is 10.9 Å². The van der Waals surface area contributed by atoms with Crippen molar-refractivity contribution in [1.29, 1.82) is 0 Å². The number of hydrogen-bond donors (Lipinski definition) is 0. The van der Waals surface area contributed by atoms with Crippen molar-refractivity contribution in [2.75, 3.05) is 0 Å². The van der Waals surface area contributed by atoms with Gasteiger partial charge in [0.25, 0.3) is 0 Å². The van der Waals surface area contributed by atoms with Crippen molar-refractivity contribution in [2.45, 2.75) is 32.2 Å². The van der Waals surface area contributed by atoms with Crippen LogP contribution in [0.3, 0.4) is 0 Å². The van der Waals surface area contributed by atoms with Gasteiger partial charge in [-0.3, -0.25) is 9.48 Å². The Morgan fingerprint density at radius 3 is 2.00 bits per heavy atom. The summed E-state index contributed by atoms with van der Waals surface area (Å²) in [6.07, 6.45) is -10.5. The molecule has 0 radical (unpaired) electrons. The number of nitrogens with zero attached hydrogens (tertiary/aromatic N) is 2. The first kappa shape index (κ1) is 17.0. The van der Waals surface area contributed by atoms with Gasteiger partial charge in [0, 0.05) is 6.04 Å². The van der Waals surface area contributed by atoms with E-state index in [4.69, 9.17) is 0 Å². The lowest BCUT2D eigenvalue weighted by Crippen LogP contribution is -2.43. The van der Waals surface area contributed by atoms with Crippen LogP contribution in [-0.4, -0.2) is 27.9 Å². The Morgan fingerprint density at radius 1 is 1.20 bits per heavy atom. The third-order valence-corrected chi connectivity index (χ3v) is 2.97. The molecule has 1 aromatic heterocycles. The summed E-state index contributed by atoms with van der Waals surface area (Å²) in [7, 11) is 0. The molecule has 0 bridgehead atoms. The molecule has 0 unspecified atom stereocenters. The van der Waals surface area contributed by atoms with Gasteiger partial charge in [-0.2, -0.15) is 31.4 Å². The van der Waals surface area contributed by atoms with Crippen molar-refractivity contribution in [3.63, 3.8) is 0 Å². The minimum Gasteiger partial charge on any atom is -0.291 e. The van der Waals surface area contributed by atoms with Crippen molar-refractivity contribution in [2.24, 2.45) is 5.92 Å². The summed E-state index contributed by atoms with van der Waals surface area (Å²) in [4.78, 5) is 11.7. The van der Waals surface area contributed by atoms with E-state index in [1.54, 1.807) is 0 Å². The minimum atomic E-state index is -5.72. The van der Waals surface area contributed by atoms with E-state index in [1.807, 2.05) is 0 Å². The lowest BCUT2D eigenvalue weighted by atomic mass is 10.00. The molecular weight excluding hydrogens is 358 g/mol. The van der Waals surface area contributed by atoms with Gasteiger partial charge in [0.2, 0.25) is 11.7 Å². The minimum absolute atomic E-state index is 0.213.